The van der Waals surface area contributed by atoms with E-state index in [1.54, 1.807) is 23.1 Å². The average molecular weight is 290 g/mol. The third kappa shape index (κ3) is 3.64. The van der Waals surface area contributed by atoms with Gasteiger partial charge in [0, 0.05) is 18.9 Å². The molecule has 0 fully saturated rings. The first-order chi connectivity index (χ1) is 8.97. The summed E-state index contributed by atoms with van der Waals surface area (Å²) in [6, 6.07) is 5.04. The van der Waals surface area contributed by atoms with Crippen molar-refractivity contribution >= 4 is 17.3 Å². The minimum atomic E-state index is -4.38. The van der Waals surface area contributed by atoms with Crippen LogP contribution in [0.25, 0.3) is 0 Å². The van der Waals surface area contributed by atoms with Crippen LogP contribution in [0.15, 0.2) is 36.7 Å². The summed E-state index contributed by atoms with van der Waals surface area (Å²) in [6.07, 6.45) is -0.918. The molecule has 0 saturated heterocycles. The van der Waals surface area contributed by atoms with Crippen molar-refractivity contribution in [3.8, 4) is 0 Å². The first-order valence-electron chi connectivity index (χ1n) is 5.55. The molecule has 0 aliphatic carbocycles. The molecule has 1 heterocycles. The molecule has 0 unspecified atom stereocenters. The quantitative estimate of drug-likeness (QED) is 0.931. The Bertz CT molecular complexity index is 538. The first-order valence-corrected chi connectivity index (χ1v) is 5.92. The topological polar surface area (TPSA) is 29.9 Å². The average Bonchev–Trinajstić information content (AvgIpc) is 2.83. The van der Waals surface area contributed by atoms with E-state index in [4.69, 9.17) is 11.6 Å². The van der Waals surface area contributed by atoms with Gasteiger partial charge in [0.05, 0.1) is 22.8 Å². The van der Waals surface area contributed by atoms with E-state index in [9.17, 15) is 13.2 Å². The number of aromatic nitrogens is 2. The van der Waals surface area contributed by atoms with Gasteiger partial charge in [0.15, 0.2) is 0 Å². The molecule has 0 saturated carbocycles. The van der Waals surface area contributed by atoms with Gasteiger partial charge in [-0.1, -0.05) is 11.6 Å². The zero-order valence-electron chi connectivity index (χ0n) is 9.78. The monoisotopic (exact) mass is 289 g/mol. The molecule has 2 aromatic rings. The van der Waals surface area contributed by atoms with Crippen LogP contribution >= 0.6 is 11.6 Å². The molecular formula is C12H11ClF3N3. The van der Waals surface area contributed by atoms with Crippen LogP contribution in [-0.2, 0) is 12.7 Å². The number of alkyl halides is 3. The van der Waals surface area contributed by atoms with E-state index < -0.39 is 11.7 Å². The van der Waals surface area contributed by atoms with Crippen molar-refractivity contribution in [1.29, 1.82) is 0 Å². The molecule has 0 atom stereocenters. The highest BCUT2D eigenvalue weighted by molar-refractivity contribution is 6.33. The molecule has 0 amide bonds. The predicted molar refractivity (Wildman–Crippen MR) is 67.2 cm³/mol. The lowest BCUT2D eigenvalue weighted by atomic mass is 10.2. The molecule has 1 N–H and O–H groups in total. The van der Waals surface area contributed by atoms with Gasteiger partial charge in [-0.3, -0.25) is 4.68 Å². The van der Waals surface area contributed by atoms with Gasteiger partial charge in [0.25, 0.3) is 0 Å². The second-order valence-corrected chi connectivity index (χ2v) is 4.30. The summed E-state index contributed by atoms with van der Waals surface area (Å²) in [4.78, 5) is 0. The number of benzene rings is 1. The summed E-state index contributed by atoms with van der Waals surface area (Å²) in [7, 11) is 0. The summed E-state index contributed by atoms with van der Waals surface area (Å²) in [6.45, 7) is 1.12. The molecule has 0 aliphatic heterocycles. The Morgan fingerprint density at radius 3 is 2.68 bits per heavy atom. The third-order valence-electron chi connectivity index (χ3n) is 2.51. The molecule has 0 bridgehead atoms. The van der Waals surface area contributed by atoms with Gasteiger partial charge in [0.2, 0.25) is 0 Å². The fraction of sp³-hybridized carbons (Fsp3) is 0.250. The van der Waals surface area contributed by atoms with Gasteiger partial charge < -0.3 is 5.32 Å². The number of anilines is 1. The fourth-order valence-corrected chi connectivity index (χ4v) is 1.82. The molecule has 102 valence electrons. The lowest BCUT2D eigenvalue weighted by Crippen LogP contribution is -2.11. The van der Waals surface area contributed by atoms with Gasteiger partial charge >= 0.3 is 6.18 Å². The number of nitrogens with zero attached hydrogens (tertiary/aromatic N) is 2. The summed E-state index contributed by atoms with van der Waals surface area (Å²) >= 11 is 5.81. The largest absolute Gasteiger partial charge is 0.416 e. The van der Waals surface area contributed by atoms with Crippen LogP contribution in [0.2, 0.25) is 5.02 Å². The van der Waals surface area contributed by atoms with Gasteiger partial charge in [-0.25, -0.2) is 0 Å². The van der Waals surface area contributed by atoms with Crippen LogP contribution < -0.4 is 5.32 Å². The van der Waals surface area contributed by atoms with Gasteiger partial charge in [-0.15, -0.1) is 0 Å². The standard InChI is InChI=1S/C12H11ClF3N3/c13-10-8-9(12(14,15)16)2-3-11(10)17-5-7-19-6-1-4-18-19/h1-4,6,8,17H,5,7H2. The summed E-state index contributed by atoms with van der Waals surface area (Å²) in [5.41, 5.74) is -0.281. The van der Waals surface area contributed by atoms with E-state index in [2.05, 4.69) is 10.4 Å². The SMILES string of the molecule is FC(F)(F)c1ccc(NCCn2cccn2)c(Cl)c1. The van der Waals surface area contributed by atoms with Crippen LogP contribution in [-0.4, -0.2) is 16.3 Å². The predicted octanol–water partition coefficient (Wildman–Crippen LogP) is 3.67. The first kappa shape index (κ1) is 13.7. The maximum atomic E-state index is 12.4. The molecule has 0 aliphatic rings. The minimum absolute atomic E-state index is 0.0512. The van der Waals surface area contributed by atoms with Crippen LogP contribution in [0.4, 0.5) is 18.9 Å². The van der Waals surface area contributed by atoms with Crippen LogP contribution in [0, 0.1) is 0 Å². The summed E-state index contributed by atoms with van der Waals surface area (Å²) in [5.74, 6) is 0. The van der Waals surface area contributed by atoms with E-state index in [1.807, 2.05) is 0 Å². The zero-order valence-corrected chi connectivity index (χ0v) is 10.5. The Morgan fingerprint density at radius 1 is 1.32 bits per heavy atom. The molecule has 7 heteroatoms. The molecule has 1 aromatic heterocycles. The van der Waals surface area contributed by atoms with E-state index in [0.29, 0.717) is 18.8 Å². The normalized spacial score (nSPS) is 11.6. The molecular weight excluding hydrogens is 279 g/mol. The number of halogens is 4. The van der Waals surface area contributed by atoms with E-state index in [-0.39, 0.29) is 5.02 Å². The number of hydrogen-bond donors (Lipinski definition) is 1. The fourth-order valence-electron chi connectivity index (χ4n) is 1.57. The Hall–Kier alpha value is -1.69. The number of rotatable bonds is 4. The van der Waals surface area contributed by atoms with E-state index in [0.717, 1.165) is 12.1 Å². The van der Waals surface area contributed by atoms with Crippen molar-refractivity contribution in [2.24, 2.45) is 0 Å². The summed E-state index contributed by atoms with van der Waals surface area (Å²) in [5, 5.41) is 7.03. The van der Waals surface area contributed by atoms with Gasteiger partial charge in [-0.2, -0.15) is 18.3 Å². The van der Waals surface area contributed by atoms with Crippen molar-refractivity contribution in [2.45, 2.75) is 12.7 Å². The Morgan fingerprint density at radius 2 is 2.11 bits per heavy atom. The van der Waals surface area contributed by atoms with Crippen LogP contribution in [0.1, 0.15) is 5.56 Å². The lowest BCUT2D eigenvalue weighted by molar-refractivity contribution is -0.137. The Kier molecular flexibility index (Phi) is 3.99. The molecule has 19 heavy (non-hydrogen) atoms. The number of nitrogens with one attached hydrogen (secondary N) is 1. The van der Waals surface area contributed by atoms with E-state index in [1.165, 1.54) is 6.07 Å². The highest BCUT2D eigenvalue weighted by Crippen LogP contribution is 2.33. The van der Waals surface area contributed by atoms with Gasteiger partial charge in [-0.05, 0) is 24.3 Å². The van der Waals surface area contributed by atoms with Crippen molar-refractivity contribution in [2.75, 3.05) is 11.9 Å². The highest BCUT2D eigenvalue weighted by Gasteiger charge is 2.30. The summed E-state index contributed by atoms with van der Waals surface area (Å²) < 4.78 is 39.1. The van der Waals surface area contributed by atoms with Crippen molar-refractivity contribution in [1.82, 2.24) is 9.78 Å². The zero-order chi connectivity index (χ0) is 13.9. The molecule has 2 rings (SSSR count). The highest BCUT2D eigenvalue weighted by atomic mass is 35.5. The smallest absolute Gasteiger partial charge is 0.382 e. The molecule has 3 nitrogen and oxygen atoms in total. The third-order valence-corrected chi connectivity index (χ3v) is 2.82. The Balaban J connectivity index is 1.97. The minimum Gasteiger partial charge on any atom is -0.382 e. The second-order valence-electron chi connectivity index (χ2n) is 3.89. The maximum Gasteiger partial charge on any atom is 0.416 e. The van der Waals surface area contributed by atoms with Crippen molar-refractivity contribution in [3.05, 3.63) is 47.2 Å². The van der Waals surface area contributed by atoms with Crippen molar-refractivity contribution < 1.29 is 13.2 Å². The van der Waals surface area contributed by atoms with Crippen molar-refractivity contribution in [3.63, 3.8) is 0 Å². The Labute approximate surface area is 113 Å². The lowest BCUT2D eigenvalue weighted by Gasteiger charge is -2.11. The van der Waals surface area contributed by atoms with E-state index >= 15 is 0 Å². The second kappa shape index (κ2) is 5.52. The molecule has 1 aromatic carbocycles. The van der Waals surface area contributed by atoms with Crippen LogP contribution in [0.5, 0.6) is 0 Å². The van der Waals surface area contributed by atoms with Gasteiger partial charge in [0.1, 0.15) is 0 Å². The molecule has 0 radical (unpaired) electrons. The van der Waals surface area contributed by atoms with Crippen LogP contribution in [0.3, 0.4) is 0 Å². The number of hydrogen-bond acceptors (Lipinski definition) is 2. The maximum absolute atomic E-state index is 12.4. The molecule has 0 spiro atoms.